The van der Waals surface area contributed by atoms with Crippen molar-refractivity contribution in [1.82, 2.24) is 0 Å². The fourth-order valence-corrected chi connectivity index (χ4v) is 3.30. The molecule has 0 spiro atoms. The molecule has 162 valence electrons. The maximum atomic E-state index is 12.7. The molecule has 4 aromatic rings. The maximum Gasteiger partial charge on any atom is 0.291 e. The number of carbonyl (C=O) groups excluding carboxylic acids is 2. The average Bonchev–Trinajstić information content (AvgIpc) is 3.25. The third kappa shape index (κ3) is 4.41. The highest BCUT2D eigenvalue weighted by Crippen LogP contribution is 2.25. The average molecular weight is 430 g/mol. The number of furan rings is 1. The largest absolute Gasteiger partial charge is 0.497 e. The van der Waals surface area contributed by atoms with E-state index in [1.165, 1.54) is 14.2 Å². The highest BCUT2D eigenvalue weighted by Gasteiger charge is 2.15. The van der Waals surface area contributed by atoms with E-state index in [2.05, 4.69) is 10.6 Å². The van der Waals surface area contributed by atoms with Gasteiger partial charge in [-0.2, -0.15) is 0 Å². The molecule has 32 heavy (non-hydrogen) atoms. The Balaban J connectivity index is 1.48. The molecule has 2 amide bonds. The number of hydrogen-bond acceptors (Lipinski definition) is 5. The Kier molecular flexibility index (Phi) is 5.81. The van der Waals surface area contributed by atoms with Crippen LogP contribution in [0.3, 0.4) is 0 Å². The predicted molar refractivity (Wildman–Crippen MR) is 123 cm³/mol. The lowest BCUT2D eigenvalue weighted by Crippen LogP contribution is -2.14. The smallest absolute Gasteiger partial charge is 0.291 e. The minimum atomic E-state index is -0.343. The number of fused-ring (bicyclic) bond motifs is 1. The van der Waals surface area contributed by atoms with Crippen LogP contribution >= 0.6 is 0 Å². The summed E-state index contributed by atoms with van der Waals surface area (Å²) in [4.78, 5) is 25.3. The molecule has 1 aromatic heterocycles. The number of aryl methyl sites for hydroxylation is 1. The zero-order valence-corrected chi connectivity index (χ0v) is 17.9. The van der Waals surface area contributed by atoms with Gasteiger partial charge < -0.3 is 24.5 Å². The number of carbonyl (C=O) groups is 2. The molecular formula is C25H22N2O5. The van der Waals surface area contributed by atoms with Crippen LogP contribution in [-0.4, -0.2) is 26.0 Å². The molecule has 0 saturated carbocycles. The van der Waals surface area contributed by atoms with Gasteiger partial charge in [-0.1, -0.05) is 18.2 Å². The zero-order valence-electron chi connectivity index (χ0n) is 17.9. The molecule has 2 N–H and O–H groups in total. The monoisotopic (exact) mass is 430 g/mol. The number of ether oxygens (including phenoxy) is 2. The SMILES string of the molecule is COc1cc(OC)cc(C(=O)Nc2ccc(NC(=O)c3cc4ccccc4o3)c(C)c2)c1. The van der Waals surface area contributed by atoms with E-state index >= 15 is 0 Å². The summed E-state index contributed by atoms with van der Waals surface area (Å²) in [5.41, 5.74) is 3.06. The number of nitrogens with one attached hydrogen (secondary N) is 2. The normalized spacial score (nSPS) is 10.6. The number of anilines is 2. The molecular weight excluding hydrogens is 408 g/mol. The van der Waals surface area contributed by atoms with Crippen molar-refractivity contribution in [3.63, 3.8) is 0 Å². The first-order chi connectivity index (χ1) is 15.5. The molecule has 0 atom stereocenters. The van der Waals surface area contributed by atoms with E-state index < -0.39 is 0 Å². The fourth-order valence-electron chi connectivity index (χ4n) is 3.30. The minimum absolute atomic E-state index is 0.231. The highest BCUT2D eigenvalue weighted by atomic mass is 16.5. The van der Waals surface area contributed by atoms with E-state index in [0.29, 0.717) is 34.0 Å². The number of rotatable bonds is 6. The van der Waals surface area contributed by atoms with Gasteiger partial charge in [0.25, 0.3) is 11.8 Å². The van der Waals surface area contributed by atoms with Gasteiger partial charge in [-0.15, -0.1) is 0 Å². The first kappa shape index (κ1) is 21.0. The van der Waals surface area contributed by atoms with Gasteiger partial charge in [0.05, 0.1) is 14.2 Å². The summed E-state index contributed by atoms with van der Waals surface area (Å²) in [5.74, 6) is 0.629. The van der Waals surface area contributed by atoms with Crippen LogP contribution in [0.25, 0.3) is 11.0 Å². The summed E-state index contributed by atoms with van der Waals surface area (Å²) in [7, 11) is 3.05. The van der Waals surface area contributed by atoms with Gasteiger partial charge in [0.15, 0.2) is 5.76 Å². The Bertz CT molecular complexity index is 1250. The van der Waals surface area contributed by atoms with E-state index in [1.807, 2.05) is 31.2 Å². The van der Waals surface area contributed by atoms with Gasteiger partial charge in [-0.25, -0.2) is 0 Å². The van der Waals surface area contributed by atoms with Crippen molar-refractivity contribution in [1.29, 1.82) is 0 Å². The van der Waals surface area contributed by atoms with E-state index in [1.54, 1.807) is 42.5 Å². The topological polar surface area (TPSA) is 89.8 Å². The standard InChI is InChI=1S/C25H22N2O5/c1-15-10-18(26-24(28)17-11-19(30-2)14-20(12-17)31-3)8-9-21(15)27-25(29)23-13-16-6-4-5-7-22(16)32-23/h4-14H,1-3H3,(H,26,28)(H,27,29). The zero-order chi connectivity index (χ0) is 22.7. The number of hydrogen-bond donors (Lipinski definition) is 2. The second kappa shape index (κ2) is 8.85. The summed E-state index contributed by atoms with van der Waals surface area (Å²) >= 11 is 0. The lowest BCUT2D eigenvalue weighted by Gasteiger charge is -2.12. The third-order valence-electron chi connectivity index (χ3n) is 5.00. The summed E-state index contributed by atoms with van der Waals surface area (Å²) in [6.07, 6.45) is 0. The van der Waals surface area contributed by atoms with E-state index in [0.717, 1.165) is 10.9 Å². The van der Waals surface area contributed by atoms with Crippen LogP contribution in [0.5, 0.6) is 11.5 Å². The summed E-state index contributed by atoms with van der Waals surface area (Å²) in [6, 6.07) is 19.3. The molecule has 1 heterocycles. The van der Waals surface area contributed by atoms with Crippen molar-refractivity contribution in [2.75, 3.05) is 24.9 Å². The molecule has 0 radical (unpaired) electrons. The van der Waals surface area contributed by atoms with Crippen molar-refractivity contribution in [2.24, 2.45) is 0 Å². The van der Waals surface area contributed by atoms with Crippen LogP contribution in [-0.2, 0) is 0 Å². The Labute approximate surface area is 184 Å². The molecule has 0 bridgehead atoms. The second-order valence-corrected chi connectivity index (χ2v) is 7.19. The van der Waals surface area contributed by atoms with Crippen molar-refractivity contribution >= 4 is 34.2 Å². The van der Waals surface area contributed by atoms with Crippen molar-refractivity contribution in [3.05, 3.63) is 83.6 Å². The predicted octanol–water partition coefficient (Wildman–Crippen LogP) is 5.26. The second-order valence-electron chi connectivity index (χ2n) is 7.19. The Morgan fingerprint density at radius 1 is 0.812 bits per heavy atom. The maximum absolute atomic E-state index is 12.7. The molecule has 0 saturated heterocycles. The summed E-state index contributed by atoms with van der Waals surface area (Å²) in [6.45, 7) is 1.85. The van der Waals surface area contributed by atoms with E-state index in [4.69, 9.17) is 13.9 Å². The first-order valence-corrected chi connectivity index (χ1v) is 9.92. The molecule has 4 rings (SSSR count). The minimum Gasteiger partial charge on any atom is -0.497 e. The van der Waals surface area contributed by atoms with Crippen molar-refractivity contribution in [3.8, 4) is 11.5 Å². The number of para-hydroxylation sites is 1. The van der Waals surface area contributed by atoms with Crippen LogP contribution < -0.4 is 20.1 Å². The lowest BCUT2D eigenvalue weighted by atomic mass is 10.1. The Morgan fingerprint density at radius 2 is 1.53 bits per heavy atom. The molecule has 3 aromatic carbocycles. The molecule has 7 heteroatoms. The van der Waals surface area contributed by atoms with Gasteiger partial charge in [0.1, 0.15) is 17.1 Å². The molecule has 0 aliphatic carbocycles. The van der Waals surface area contributed by atoms with Crippen LogP contribution in [0.15, 0.2) is 71.1 Å². The number of benzene rings is 3. The summed E-state index contributed by atoms with van der Waals surface area (Å²) < 4.78 is 16.1. The lowest BCUT2D eigenvalue weighted by molar-refractivity contribution is 0.0996. The molecule has 0 unspecified atom stereocenters. The van der Waals surface area contributed by atoms with Crippen LogP contribution in [0.1, 0.15) is 26.5 Å². The molecule has 0 fully saturated rings. The highest BCUT2D eigenvalue weighted by molar-refractivity contribution is 6.06. The van der Waals surface area contributed by atoms with E-state index in [-0.39, 0.29) is 17.6 Å². The molecule has 7 nitrogen and oxygen atoms in total. The van der Waals surface area contributed by atoms with Crippen LogP contribution in [0, 0.1) is 6.92 Å². The number of amides is 2. The Hall–Kier alpha value is -4.26. The molecule has 0 aliphatic rings. The van der Waals surface area contributed by atoms with Crippen LogP contribution in [0.2, 0.25) is 0 Å². The van der Waals surface area contributed by atoms with Gasteiger partial charge in [0, 0.05) is 28.4 Å². The van der Waals surface area contributed by atoms with Gasteiger partial charge in [0.2, 0.25) is 0 Å². The van der Waals surface area contributed by atoms with Crippen LogP contribution in [0.4, 0.5) is 11.4 Å². The third-order valence-corrected chi connectivity index (χ3v) is 5.00. The molecule has 0 aliphatic heterocycles. The fraction of sp³-hybridized carbons (Fsp3) is 0.120. The van der Waals surface area contributed by atoms with Crippen molar-refractivity contribution < 1.29 is 23.5 Å². The number of methoxy groups -OCH3 is 2. The Morgan fingerprint density at radius 3 is 2.19 bits per heavy atom. The first-order valence-electron chi connectivity index (χ1n) is 9.92. The van der Waals surface area contributed by atoms with Gasteiger partial charge in [-0.3, -0.25) is 9.59 Å². The van der Waals surface area contributed by atoms with Crippen molar-refractivity contribution in [2.45, 2.75) is 6.92 Å². The summed E-state index contributed by atoms with van der Waals surface area (Å²) in [5, 5.41) is 6.56. The van der Waals surface area contributed by atoms with Gasteiger partial charge in [-0.05, 0) is 55.0 Å². The van der Waals surface area contributed by atoms with E-state index in [9.17, 15) is 9.59 Å². The van der Waals surface area contributed by atoms with Gasteiger partial charge >= 0.3 is 0 Å². The quantitative estimate of drug-likeness (QED) is 0.435.